The molecular weight excluding hydrogens is 326 g/mol. The van der Waals surface area contributed by atoms with E-state index in [0.29, 0.717) is 22.7 Å². The van der Waals surface area contributed by atoms with E-state index in [2.05, 4.69) is 34.6 Å². The SMILES string of the molecule is C[C@@H]1[C@H](C)CCC[C@H]1NC(=O)Cn1nnc(-c2cccc(Cl)c2)n1. The van der Waals surface area contributed by atoms with Crippen molar-refractivity contribution in [1.82, 2.24) is 25.5 Å². The predicted molar refractivity (Wildman–Crippen MR) is 92.4 cm³/mol. The van der Waals surface area contributed by atoms with E-state index >= 15 is 0 Å². The molecule has 1 aromatic carbocycles. The smallest absolute Gasteiger partial charge is 0.243 e. The molecule has 24 heavy (non-hydrogen) atoms. The van der Waals surface area contributed by atoms with Crippen molar-refractivity contribution < 1.29 is 4.79 Å². The minimum atomic E-state index is -0.0732. The maximum atomic E-state index is 12.3. The summed E-state index contributed by atoms with van der Waals surface area (Å²) in [6.07, 6.45) is 3.44. The molecule has 128 valence electrons. The number of rotatable bonds is 4. The van der Waals surface area contributed by atoms with Gasteiger partial charge in [-0.25, -0.2) is 0 Å². The molecule has 2 aromatic rings. The van der Waals surface area contributed by atoms with Gasteiger partial charge in [0, 0.05) is 16.6 Å². The zero-order valence-electron chi connectivity index (χ0n) is 13.9. The summed E-state index contributed by atoms with van der Waals surface area (Å²) in [5.41, 5.74) is 0.781. The summed E-state index contributed by atoms with van der Waals surface area (Å²) in [6, 6.07) is 7.48. The van der Waals surface area contributed by atoms with Crippen LogP contribution in [0.4, 0.5) is 0 Å². The van der Waals surface area contributed by atoms with Gasteiger partial charge in [-0.3, -0.25) is 4.79 Å². The Bertz CT molecular complexity index is 717. The minimum absolute atomic E-state index is 0.0732. The van der Waals surface area contributed by atoms with Crippen LogP contribution in [0.5, 0.6) is 0 Å². The molecule has 0 unspecified atom stereocenters. The number of hydrogen-bond donors (Lipinski definition) is 1. The first-order chi connectivity index (χ1) is 11.5. The molecule has 1 fully saturated rings. The Morgan fingerprint density at radius 3 is 3.00 bits per heavy atom. The zero-order valence-corrected chi connectivity index (χ0v) is 14.7. The van der Waals surface area contributed by atoms with Crippen molar-refractivity contribution in [3.63, 3.8) is 0 Å². The quantitative estimate of drug-likeness (QED) is 0.922. The molecule has 6 nitrogen and oxygen atoms in total. The number of hydrogen-bond acceptors (Lipinski definition) is 4. The Morgan fingerprint density at radius 2 is 2.21 bits per heavy atom. The predicted octanol–water partition coefficient (Wildman–Crippen LogP) is 2.93. The Balaban J connectivity index is 1.61. The monoisotopic (exact) mass is 347 g/mol. The van der Waals surface area contributed by atoms with E-state index in [9.17, 15) is 4.79 Å². The first-order valence-corrected chi connectivity index (χ1v) is 8.74. The summed E-state index contributed by atoms with van der Waals surface area (Å²) < 4.78 is 0. The largest absolute Gasteiger partial charge is 0.351 e. The lowest BCUT2D eigenvalue weighted by Gasteiger charge is -2.34. The van der Waals surface area contributed by atoms with Crippen LogP contribution in [0, 0.1) is 11.8 Å². The van der Waals surface area contributed by atoms with Gasteiger partial charge >= 0.3 is 0 Å². The van der Waals surface area contributed by atoms with Crippen LogP contribution in [0.3, 0.4) is 0 Å². The molecule has 0 radical (unpaired) electrons. The van der Waals surface area contributed by atoms with Gasteiger partial charge in [0.1, 0.15) is 6.54 Å². The van der Waals surface area contributed by atoms with Gasteiger partial charge in [0.25, 0.3) is 0 Å². The average molecular weight is 348 g/mol. The molecule has 0 bridgehead atoms. The third-order valence-corrected chi connectivity index (χ3v) is 5.11. The zero-order chi connectivity index (χ0) is 17.1. The van der Waals surface area contributed by atoms with Crippen LogP contribution in [0.1, 0.15) is 33.1 Å². The van der Waals surface area contributed by atoms with Gasteiger partial charge in [-0.15, -0.1) is 10.2 Å². The number of amides is 1. The van der Waals surface area contributed by atoms with E-state index in [4.69, 9.17) is 11.6 Å². The van der Waals surface area contributed by atoms with Crippen molar-refractivity contribution >= 4 is 17.5 Å². The minimum Gasteiger partial charge on any atom is -0.351 e. The third-order valence-electron chi connectivity index (χ3n) is 4.87. The number of nitrogens with one attached hydrogen (secondary N) is 1. The molecule has 1 N–H and O–H groups in total. The van der Waals surface area contributed by atoms with E-state index in [-0.39, 0.29) is 18.5 Å². The molecule has 3 rings (SSSR count). The molecule has 1 saturated carbocycles. The third kappa shape index (κ3) is 3.93. The van der Waals surface area contributed by atoms with Crippen molar-refractivity contribution in [1.29, 1.82) is 0 Å². The van der Waals surface area contributed by atoms with E-state index in [0.717, 1.165) is 18.4 Å². The average Bonchev–Trinajstić information content (AvgIpc) is 3.00. The fraction of sp³-hybridized carbons (Fsp3) is 0.529. The van der Waals surface area contributed by atoms with Gasteiger partial charge in [-0.05, 0) is 35.6 Å². The van der Waals surface area contributed by atoms with E-state index in [1.54, 1.807) is 12.1 Å². The van der Waals surface area contributed by atoms with Gasteiger partial charge in [0.15, 0.2) is 0 Å². The standard InChI is InChI=1S/C17H22ClN5O/c1-11-5-3-8-15(12(11)2)19-16(24)10-23-21-17(20-22-23)13-6-4-7-14(18)9-13/h4,6-7,9,11-12,15H,3,5,8,10H2,1-2H3,(H,19,24)/t11-,12-,15-/m1/s1. The second kappa shape index (κ2) is 7.30. The molecule has 0 saturated heterocycles. The Morgan fingerprint density at radius 1 is 1.38 bits per heavy atom. The molecule has 1 aromatic heterocycles. The molecule has 1 aliphatic rings. The number of benzene rings is 1. The van der Waals surface area contributed by atoms with Crippen LogP contribution in [-0.4, -0.2) is 32.2 Å². The van der Waals surface area contributed by atoms with Crippen molar-refractivity contribution in [2.24, 2.45) is 11.8 Å². The lowest BCUT2D eigenvalue weighted by Crippen LogP contribution is -2.45. The first kappa shape index (κ1) is 16.9. The lowest BCUT2D eigenvalue weighted by molar-refractivity contribution is -0.123. The number of halogens is 1. The highest BCUT2D eigenvalue weighted by Crippen LogP contribution is 2.29. The number of tetrazole rings is 1. The van der Waals surface area contributed by atoms with Crippen LogP contribution in [-0.2, 0) is 11.3 Å². The molecule has 7 heteroatoms. The molecule has 3 atom stereocenters. The molecule has 0 aliphatic heterocycles. The van der Waals surface area contributed by atoms with Crippen LogP contribution in [0.25, 0.3) is 11.4 Å². The van der Waals surface area contributed by atoms with Gasteiger partial charge in [0.2, 0.25) is 11.7 Å². The number of carbonyl (C=O) groups is 1. The van der Waals surface area contributed by atoms with Crippen molar-refractivity contribution in [3.8, 4) is 11.4 Å². The highest BCUT2D eigenvalue weighted by Gasteiger charge is 2.28. The fourth-order valence-corrected chi connectivity index (χ4v) is 3.41. The highest BCUT2D eigenvalue weighted by atomic mass is 35.5. The molecule has 1 amide bonds. The van der Waals surface area contributed by atoms with Crippen molar-refractivity contribution in [2.75, 3.05) is 0 Å². The molecule has 1 aliphatic carbocycles. The molecular formula is C17H22ClN5O. The summed E-state index contributed by atoms with van der Waals surface area (Å²) in [5, 5.41) is 16.0. The summed E-state index contributed by atoms with van der Waals surface area (Å²) in [5.74, 6) is 1.53. The molecule has 0 spiro atoms. The van der Waals surface area contributed by atoms with Gasteiger partial charge < -0.3 is 5.32 Å². The summed E-state index contributed by atoms with van der Waals surface area (Å²) >= 11 is 5.97. The Hall–Kier alpha value is -1.95. The number of nitrogens with zero attached hydrogens (tertiary/aromatic N) is 4. The maximum Gasteiger partial charge on any atom is 0.243 e. The molecule has 1 heterocycles. The number of carbonyl (C=O) groups excluding carboxylic acids is 1. The van der Waals surface area contributed by atoms with Gasteiger partial charge in [0.05, 0.1) is 0 Å². The van der Waals surface area contributed by atoms with Crippen LogP contribution < -0.4 is 5.32 Å². The topological polar surface area (TPSA) is 72.7 Å². The highest BCUT2D eigenvalue weighted by molar-refractivity contribution is 6.30. The van der Waals surface area contributed by atoms with Gasteiger partial charge in [-0.2, -0.15) is 4.80 Å². The lowest BCUT2D eigenvalue weighted by atomic mass is 9.78. The summed E-state index contributed by atoms with van der Waals surface area (Å²) in [7, 11) is 0. The normalized spacial score (nSPS) is 23.9. The van der Waals surface area contributed by atoms with Crippen LogP contribution >= 0.6 is 11.6 Å². The van der Waals surface area contributed by atoms with E-state index in [1.807, 2.05) is 12.1 Å². The Labute approximate surface area is 146 Å². The first-order valence-electron chi connectivity index (χ1n) is 8.36. The summed E-state index contributed by atoms with van der Waals surface area (Å²) in [4.78, 5) is 13.6. The Kier molecular flexibility index (Phi) is 5.14. The van der Waals surface area contributed by atoms with E-state index < -0.39 is 0 Å². The van der Waals surface area contributed by atoms with Crippen LogP contribution in [0.2, 0.25) is 5.02 Å². The fourth-order valence-electron chi connectivity index (χ4n) is 3.22. The second-order valence-electron chi connectivity index (χ2n) is 6.60. The summed E-state index contributed by atoms with van der Waals surface area (Å²) in [6.45, 7) is 4.53. The second-order valence-corrected chi connectivity index (χ2v) is 7.03. The number of aromatic nitrogens is 4. The van der Waals surface area contributed by atoms with E-state index in [1.165, 1.54) is 11.2 Å². The van der Waals surface area contributed by atoms with Crippen LogP contribution in [0.15, 0.2) is 24.3 Å². The van der Waals surface area contributed by atoms with Gasteiger partial charge in [-0.1, -0.05) is 50.4 Å². The van der Waals surface area contributed by atoms with Crippen molar-refractivity contribution in [2.45, 2.75) is 45.7 Å². The maximum absolute atomic E-state index is 12.3. The van der Waals surface area contributed by atoms with Crippen molar-refractivity contribution in [3.05, 3.63) is 29.3 Å².